The first kappa shape index (κ1) is 23.2. The molecule has 9 heteroatoms. The van der Waals surface area contributed by atoms with Gasteiger partial charge in [-0.1, -0.05) is 13.3 Å². The maximum Gasteiger partial charge on any atom is 0.573 e. The van der Waals surface area contributed by atoms with Crippen LogP contribution in [0.25, 0.3) is 10.9 Å². The van der Waals surface area contributed by atoms with E-state index in [1.807, 2.05) is 6.92 Å². The summed E-state index contributed by atoms with van der Waals surface area (Å²) in [4.78, 5) is 25.3. The van der Waals surface area contributed by atoms with E-state index in [2.05, 4.69) is 4.74 Å². The van der Waals surface area contributed by atoms with E-state index in [0.717, 1.165) is 12.1 Å². The van der Waals surface area contributed by atoms with Gasteiger partial charge in [0, 0.05) is 16.6 Å². The molecular formula is C23H22F3NO5. The standard InChI is InChI=1S/C23H22F3NO5/c1-4-5-17(22(29)30)20-13(2)27(19-11-10-16(31-3)12-18(19)20)21(28)14-6-8-15(9-7-14)32-23(24,25)26/h6-12,17H,4-5H2,1-3H3,(H,29,30). The summed E-state index contributed by atoms with van der Waals surface area (Å²) in [5.74, 6) is -2.26. The minimum Gasteiger partial charge on any atom is -0.497 e. The smallest absolute Gasteiger partial charge is 0.497 e. The van der Waals surface area contributed by atoms with Crippen LogP contribution in [0, 0.1) is 6.92 Å². The molecule has 0 radical (unpaired) electrons. The van der Waals surface area contributed by atoms with Gasteiger partial charge in [-0.2, -0.15) is 0 Å². The molecule has 1 atom stereocenters. The lowest BCUT2D eigenvalue weighted by Crippen LogP contribution is -2.18. The molecule has 2 aromatic carbocycles. The summed E-state index contributed by atoms with van der Waals surface area (Å²) < 4.78 is 47.7. The Balaban J connectivity index is 2.15. The van der Waals surface area contributed by atoms with E-state index in [4.69, 9.17) is 4.74 Å². The highest BCUT2D eigenvalue weighted by atomic mass is 19.4. The van der Waals surface area contributed by atoms with Gasteiger partial charge in [-0.15, -0.1) is 13.2 Å². The molecule has 1 unspecified atom stereocenters. The number of hydrogen-bond acceptors (Lipinski definition) is 4. The number of alkyl halides is 3. The Morgan fingerprint density at radius 1 is 1.09 bits per heavy atom. The molecule has 32 heavy (non-hydrogen) atoms. The maximum atomic E-state index is 13.3. The number of fused-ring (bicyclic) bond motifs is 1. The summed E-state index contributed by atoms with van der Waals surface area (Å²) >= 11 is 0. The van der Waals surface area contributed by atoms with Crippen molar-refractivity contribution in [3.63, 3.8) is 0 Å². The molecule has 0 saturated carbocycles. The average molecular weight is 449 g/mol. The number of benzene rings is 2. The van der Waals surface area contributed by atoms with E-state index in [1.54, 1.807) is 25.1 Å². The second kappa shape index (κ2) is 8.94. The van der Waals surface area contributed by atoms with Crippen LogP contribution in [0.3, 0.4) is 0 Å². The van der Waals surface area contributed by atoms with Crippen LogP contribution in [-0.4, -0.2) is 35.0 Å². The lowest BCUT2D eigenvalue weighted by Gasteiger charge is -2.13. The van der Waals surface area contributed by atoms with Gasteiger partial charge in [-0.3, -0.25) is 14.2 Å². The molecule has 170 valence electrons. The lowest BCUT2D eigenvalue weighted by molar-refractivity contribution is -0.274. The average Bonchev–Trinajstić information content (AvgIpc) is 3.01. The zero-order valence-electron chi connectivity index (χ0n) is 17.7. The predicted octanol–water partition coefficient (Wildman–Crippen LogP) is 5.51. The second-order valence-corrected chi connectivity index (χ2v) is 7.27. The van der Waals surface area contributed by atoms with Crippen molar-refractivity contribution in [1.82, 2.24) is 4.57 Å². The van der Waals surface area contributed by atoms with E-state index in [-0.39, 0.29) is 5.56 Å². The molecule has 0 amide bonds. The van der Waals surface area contributed by atoms with Gasteiger partial charge in [0.25, 0.3) is 5.91 Å². The molecule has 0 aliphatic carbocycles. The fourth-order valence-corrected chi connectivity index (χ4v) is 3.86. The Bertz CT molecular complexity index is 1150. The molecule has 1 aromatic heterocycles. The van der Waals surface area contributed by atoms with Gasteiger partial charge in [0.15, 0.2) is 0 Å². The lowest BCUT2D eigenvalue weighted by atomic mass is 9.92. The van der Waals surface area contributed by atoms with Gasteiger partial charge in [0.1, 0.15) is 11.5 Å². The molecule has 3 rings (SSSR count). The Labute approximate surface area is 182 Å². The highest BCUT2D eigenvalue weighted by Gasteiger charge is 2.32. The number of carbonyl (C=O) groups is 2. The predicted molar refractivity (Wildman–Crippen MR) is 111 cm³/mol. The van der Waals surface area contributed by atoms with Crippen LogP contribution < -0.4 is 9.47 Å². The van der Waals surface area contributed by atoms with Crippen LogP contribution in [0.2, 0.25) is 0 Å². The monoisotopic (exact) mass is 449 g/mol. The summed E-state index contributed by atoms with van der Waals surface area (Å²) in [5, 5.41) is 10.4. The number of carboxylic acid groups (broad SMARTS) is 1. The highest BCUT2D eigenvalue weighted by molar-refractivity contribution is 6.05. The number of methoxy groups -OCH3 is 1. The molecule has 0 spiro atoms. The molecular weight excluding hydrogens is 427 g/mol. The minimum atomic E-state index is -4.84. The first-order chi connectivity index (χ1) is 15.1. The van der Waals surface area contributed by atoms with Crippen molar-refractivity contribution in [2.24, 2.45) is 0 Å². The molecule has 0 aliphatic heterocycles. The normalized spacial score (nSPS) is 12.6. The van der Waals surface area contributed by atoms with Crippen LogP contribution in [0.15, 0.2) is 42.5 Å². The van der Waals surface area contributed by atoms with Crippen molar-refractivity contribution >= 4 is 22.8 Å². The van der Waals surface area contributed by atoms with E-state index in [9.17, 15) is 27.9 Å². The molecule has 1 N–H and O–H groups in total. The van der Waals surface area contributed by atoms with Gasteiger partial charge in [0.2, 0.25) is 0 Å². The molecule has 1 heterocycles. The van der Waals surface area contributed by atoms with Gasteiger partial charge >= 0.3 is 12.3 Å². The van der Waals surface area contributed by atoms with Gasteiger partial charge in [0.05, 0.1) is 18.5 Å². The molecule has 0 bridgehead atoms. The number of ether oxygens (including phenoxy) is 2. The SMILES string of the molecule is CCCC(C(=O)O)c1c(C)n(C(=O)c2ccc(OC(F)(F)F)cc2)c2ccc(OC)cc12. The number of nitrogens with zero attached hydrogens (tertiary/aromatic N) is 1. The van der Waals surface area contributed by atoms with Crippen LogP contribution in [0.5, 0.6) is 11.5 Å². The van der Waals surface area contributed by atoms with Gasteiger partial charge in [-0.25, -0.2) is 0 Å². The highest BCUT2D eigenvalue weighted by Crippen LogP contribution is 2.37. The van der Waals surface area contributed by atoms with Crippen LogP contribution in [-0.2, 0) is 4.79 Å². The van der Waals surface area contributed by atoms with Gasteiger partial charge < -0.3 is 14.6 Å². The number of aromatic nitrogens is 1. The first-order valence-corrected chi connectivity index (χ1v) is 9.89. The number of aliphatic carboxylic acids is 1. The Kier molecular flexibility index (Phi) is 6.47. The summed E-state index contributed by atoms with van der Waals surface area (Å²) in [6, 6.07) is 9.59. The van der Waals surface area contributed by atoms with Crippen LogP contribution in [0.4, 0.5) is 13.2 Å². The largest absolute Gasteiger partial charge is 0.573 e. The molecule has 0 fully saturated rings. The number of hydrogen-bond donors (Lipinski definition) is 1. The van der Waals surface area contributed by atoms with Crippen molar-refractivity contribution in [3.8, 4) is 11.5 Å². The second-order valence-electron chi connectivity index (χ2n) is 7.27. The fraction of sp³-hybridized carbons (Fsp3) is 0.304. The third-order valence-electron chi connectivity index (χ3n) is 5.22. The topological polar surface area (TPSA) is 77.8 Å². The zero-order valence-corrected chi connectivity index (χ0v) is 17.7. The molecule has 6 nitrogen and oxygen atoms in total. The Morgan fingerprint density at radius 2 is 1.72 bits per heavy atom. The van der Waals surface area contributed by atoms with Crippen molar-refractivity contribution in [3.05, 3.63) is 59.3 Å². The number of halogens is 3. The molecule has 0 aliphatic rings. The van der Waals surface area contributed by atoms with Crippen LogP contribution >= 0.6 is 0 Å². The van der Waals surface area contributed by atoms with E-state index >= 15 is 0 Å². The molecule has 3 aromatic rings. The third kappa shape index (κ3) is 4.56. The summed E-state index contributed by atoms with van der Waals surface area (Å²) in [7, 11) is 1.49. The van der Waals surface area contributed by atoms with Gasteiger partial charge in [-0.05, 0) is 61.4 Å². The quantitative estimate of drug-likeness (QED) is 0.514. The van der Waals surface area contributed by atoms with Crippen molar-refractivity contribution in [1.29, 1.82) is 0 Å². The zero-order chi connectivity index (χ0) is 23.6. The fourth-order valence-electron chi connectivity index (χ4n) is 3.86. The van der Waals surface area contributed by atoms with E-state index in [0.29, 0.717) is 40.8 Å². The number of carbonyl (C=O) groups excluding carboxylic acids is 1. The Morgan fingerprint density at radius 3 is 2.25 bits per heavy atom. The number of carboxylic acids is 1. The third-order valence-corrected chi connectivity index (χ3v) is 5.22. The Hall–Kier alpha value is -3.49. The summed E-state index contributed by atoms with van der Waals surface area (Å²) in [6.45, 7) is 3.53. The van der Waals surface area contributed by atoms with Crippen molar-refractivity contribution < 1.29 is 37.3 Å². The van der Waals surface area contributed by atoms with Crippen molar-refractivity contribution in [2.75, 3.05) is 7.11 Å². The van der Waals surface area contributed by atoms with E-state index < -0.39 is 29.9 Å². The first-order valence-electron chi connectivity index (χ1n) is 9.89. The van der Waals surface area contributed by atoms with Crippen LogP contribution in [0.1, 0.15) is 47.3 Å². The van der Waals surface area contributed by atoms with Crippen molar-refractivity contribution in [2.45, 2.75) is 39.0 Å². The van der Waals surface area contributed by atoms with E-state index in [1.165, 1.54) is 23.8 Å². The molecule has 0 saturated heterocycles. The number of rotatable bonds is 7. The summed E-state index contributed by atoms with van der Waals surface area (Å²) in [6.07, 6.45) is -3.83. The maximum absolute atomic E-state index is 13.3. The minimum absolute atomic E-state index is 0.129. The summed E-state index contributed by atoms with van der Waals surface area (Å²) in [5.41, 5.74) is 1.58.